The summed E-state index contributed by atoms with van der Waals surface area (Å²) in [5.74, 6) is 0. The van der Waals surface area contributed by atoms with Crippen LogP contribution in [0.5, 0.6) is 0 Å². The van der Waals surface area contributed by atoms with Gasteiger partial charge >= 0.3 is 0 Å². The first-order valence-corrected chi connectivity index (χ1v) is 4.32. The van der Waals surface area contributed by atoms with Gasteiger partial charge in [0.25, 0.3) is 0 Å². The van der Waals surface area contributed by atoms with Gasteiger partial charge in [0.2, 0.25) is 0 Å². The highest BCUT2D eigenvalue weighted by Crippen LogP contribution is 2.08. The molecule has 0 fully saturated rings. The lowest BCUT2D eigenvalue weighted by molar-refractivity contribution is 0.277. The zero-order valence-corrected chi connectivity index (χ0v) is 7.51. The third-order valence-corrected chi connectivity index (χ3v) is 1.96. The molecule has 11 heavy (non-hydrogen) atoms. The number of rotatable bonds is 2. The fourth-order valence-electron chi connectivity index (χ4n) is 1.55. The topological polar surface area (TPSA) is 29.3 Å². The van der Waals surface area contributed by atoms with E-state index in [1.54, 1.807) is 0 Å². The van der Waals surface area contributed by atoms with Crippen LogP contribution in [0.2, 0.25) is 0 Å². The van der Waals surface area contributed by atoms with Gasteiger partial charge < -0.3 is 5.73 Å². The van der Waals surface area contributed by atoms with Crippen molar-refractivity contribution in [2.45, 2.75) is 26.3 Å². The van der Waals surface area contributed by atoms with Crippen LogP contribution in [0.3, 0.4) is 0 Å². The molecule has 1 heterocycles. The number of nitrogens with two attached hydrogens (primary N) is 1. The Labute approximate surface area is 69.1 Å². The van der Waals surface area contributed by atoms with Crippen molar-refractivity contribution in [2.75, 3.05) is 19.6 Å². The van der Waals surface area contributed by atoms with Crippen molar-refractivity contribution in [3.05, 3.63) is 11.6 Å². The number of hydrogen-bond acceptors (Lipinski definition) is 2. The molecule has 1 unspecified atom stereocenters. The van der Waals surface area contributed by atoms with Crippen LogP contribution in [0.4, 0.5) is 0 Å². The summed E-state index contributed by atoms with van der Waals surface area (Å²) in [5, 5.41) is 0. The van der Waals surface area contributed by atoms with Crippen LogP contribution in [0, 0.1) is 0 Å². The fourth-order valence-corrected chi connectivity index (χ4v) is 1.55. The molecule has 2 N–H and O–H groups in total. The molecule has 0 saturated carbocycles. The number of hydrogen-bond donors (Lipinski definition) is 1. The highest BCUT2D eigenvalue weighted by molar-refractivity contribution is 5.04. The van der Waals surface area contributed by atoms with Crippen molar-refractivity contribution in [3.63, 3.8) is 0 Å². The molecule has 0 bridgehead atoms. The molecule has 0 radical (unpaired) electrons. The summed E-state index contributed by atoms with van der Waals surface area (Å²) in [6.07, 6.45) is 3.51. The molecule has 0 aliphatic carbocycles. The Morgan fingerprint density at radius 3 is 3.00 bits per heavy atom. The van der Waals surface area contributed by atoms with E-state index in [4.69, 9.17) is 5.73 Å². The Morgan fingerprint density at radius 1 is 1.73 bits per heavy atom. The molecule has 1 rings (SSSR count). The van der Waals surface area contributed by atoms with Crippen molar-refractivity contribution in [3.8, 4) is 0 Å². The van der Waals surface area contributed by atoms with Crippen LogP contribution in [0.15, 0.2) is 11.6 Å². The van der Waals surface area contributed by atoms with Crippen LogP contribution in [-0.2, 0) is 0 Å². The predicted octanol–water partition coefficient (Wildman–Crippen LogP) is 0.986. The van der Waals surface area contributed by atoms with E-state index >= 15 is 0 Å². The molecule has 0 amide bonds. The third kappa shape index (κ3) is 3.04. The zero-order chi connectivity index (χ0) is 8.27. The molecular weight excluding hydrogens is 136 g/mol. The van der Waals surface area contributed by atoms with Gasteiger partial charge in [-0.25, -0.2) is 0 Å². The summed E-state index contributed by atoms with van der Waals surface area (Å²) in [6, 6.07) is 0.306. The van der Waals surface area contributed by atoms with Gasteiger partial charge in [-0.05, 0) is 20.3 Å². The van der Waals surface area contributed by atoms with E-state index in [2.05, 4.69) is 24.8 Å². The average Bonchev–Trinajstić information content (AvgIpc) is 1.85. The SMILES string of the molecule is CC1=CCCN(CC(C)N)C1. The normalized spacial score (nSPS) is 23.0. The summed E-state index contributed by atoms with van der Waals surface area (Å²) in [7, 11) is 0. The van der Waals surface area contributed by atoms with Gasteiger partial charge in [0.15, 0.2) is 0 Å². The maximum atomic E-state index is 5.71. The van der Waals surface area contributed by atoms with Gasteiger partial charge in [0, 0.05) is 25.7 Å². The van der Waals surface area contributed by atoms with Crippen LogP contribution >= 0.6 is 0 Å². The summed E-state index contributed by atoms with van der Waals surface area (Å²) in [6.45, 7) is 7.58. The Hall–Kier alpha value is -0.340. The van der Waals surface area contributed by atoms with Crippen LogP contribution in [0.1, 0.15) is 20.3 Å². The maximum absolute atomic E-state index is 5.71. The maximum Gasteiger partial charge on any atom is 0.0190 e. The standard InChI is InChI=1S/C9H18N2/c1-8-4-3-5-11(6-8)7-9(2)10/h4,9H,3,5-7,10H2,1-2H3. The minimum Gasteiger partial charge on any atom is -0.327 e. The van der Waals surface area contributed by atoms with E-state index in [0.29, 0.717) is 6.04 Å². The molecule has 0 aromatic carbocycles. The zero-order valence-electron chi connectivity index (χ0n) is 7.51. The Morgan fingerprint density at radius 2 is 2.45 bits per heavy atom. The van der Waals surface area contributed by atoms with Crippen LogP contribution in [-0.4, -0.2) is 30.6 Å². The molecule has 1 aliphatic heterocycles. The fraction of sp³-hybridized carbons (Fsp3) is 0.778. The predicted molar refractivity (Wildman–Crippen MR) is 48.5 cm³/mol. The second-order valence-electron chi connectivity index (χ2n) is 3.55. The van der Waals surface area contributed by atoms with E-state index in [-0.39, 0.29) is 0 Å². The Balaban J connectivity index is 2.32. The van der Waals surface area contributed by atoms with Crippen molar-refractivity contribution in [2.24, 2.45) is 5.73 Å². The second kappa shape index (κ2) is 3.88. The molecule has 2 nitrogen and oxygen atoms in total. The largest absolute Gasteiger partial charge is 0.327 e. The van der Waals surface area contributed by atoms with Gasteiger partial charge in [-0.1, -0.05) is 11.6 Å². The quantitative estimate of drug-likeness (QED) is 0.601. The first-order valence-electron chi connectivity index (χ1n) is 4.32. The molecule has 64 valence electrons. The van der Waals surface area contributed by atoms with E-state index in [0.717, 1.165) is 13.1 Å². The lowest BCUT2D eigenvalue weighted by Gasteiger charge is -2.27. The number of nitrogens with zero attached hydrogens (tertiary/aromatic N) is 1. The highest BCUT2D eigenvalue weighted by Gasteiger charge is 2.10. The van der Waals surface area contributed by atoms with Crippen molar-refractivity contribution >= 4 is 0 Å². The van der Waals surface area contributed by atoms with Gasteiger partial charge in [-0.3, -0.25) is 4.90 Å². The molecule has 1 atom stereocenters. The lowest BCUT2D eigenvalue weighted by Crippen LogP contribution is -2.38. The molecule has 2 heteroatoms. The second-order valence-corrected chi connectivity index (χ2v) is 3.55. The first kappa shape index (κ1) is 8.75. The highest BCUT2D eigenvalue weighted by atomic mass is 15.1. The summed E-state index contributed by atoms with van der Waals surface area (Å²) in [5.41, 5.74) is 7.19. The van der Waals surface area contributed by atoms with Crippen molar-refractivity contribution < 1.29 is 0 Å². The summed E-state index contributed by atoms with van der Waals surface area (Å²) >= 11 is 0. The van der Waals surface area contributed by atoms with E-state index in [9.17, 15) is 0 Å². The lowest BCUT2D eigenvalue weighted by atomic mass is 10.1. The van der Waals surface area contributed by atoms with E-state index < -0.39 is 0 Å². The van der Waals surface area contributed by atoms with Crippen molar-refractivity contribution in [1.82, 2.24) is 4.90 Å². The van der Waals surface area contributed by atoms with Crippen LogP contribution in [0.25, 0.3) is 0 Å². The smallest absolute Gasteiger partial charge is 0.0190 e. The molecule has 0 aromatic heterocycles. The molecule has 1 aliphatic rings. The molecular formula is C9H18N2. The van der Waals surface area contributed by atoms with Crippen LogP contribution < -0.4 is 5.73 Å². The van der Waals surface area contributed by atoms with E-state index in [1.807, 2.05) is 0 Å². The Bertz CT molecular complexity index is 150. The minimum atomic E-state index is 0.306. The Kier molecular flexibility index (Phi) is 3.09. The average molecular weight is 154 g/mol. The van der Waals surface area contributed by atoms with Gasteiger partial charge in [-0.15, -0.1) is 0 Å². The third-order valence-electron chi connectivity index (χ3n) is 1.96. The summed E-state index contributed by atoms with van der Waals surface area (Å²) in [4.78, 5) is 2.42. The summed E-state index contributed by atoms with van der Waals surface area (Å²) < 4.78 is 0. The van der Waals surface area contributed by atoms with Gasteiger partial charge in [0.05, 0.1) is 0 Å². The minimum absolute atomic E-state index is 0.306. The first-order chi connectivity index (χ1) is 5.18. The molecule has 0 saturated heterocycles. The van der Waals surface area contributed by atoms with Gasteiger partial charge in [0.1, 0.15) is 0 Å². The van der Waals surface area contributed by atoms with E-state index in [1.165, 1.54) is 18.5 Å². The molecule has 0 aromatic rings. The van der Waals surface area contributed by atoms with Gasteiger partial charge in [-0.2, -0.15) is 0 Å². The molecule has 0 spiro atoms. The monoisotopic (exact) mass is 154 g/mol. The van der Waals surface area contributed by atoms with Crippen molar-refractivity contribution in [1.29, 1.82) is 0 Å².